The summed E-state index contributed by atoms with van der Waals surface area (Å²) in [5.74, 6) is 0.253. The van der Waals surface area contributed by atoms with Crippen molar-refractivity contribution in [3.8, 4) is 0 Å². The second-order valence-corrected chi connectivity index (χ2v) is 8.82. The third-order valence-corrected chi connectivity index (χ3v) is 6.86. The van der Waals surface area contributed by atoms with Crippen molar-refractivity contribution < 1.29 is 4.79 Å². The number of thioether (sulfide) groups is 1. The Labute approximate surface area is 156 Å². The quantitative estimate of drug-likeness (QED) is 0.824. The molecule has 1 heterocycles. The number of amides is 1. The van der Waals surface area contributed by atoms with Crippen LogP contribution in [0.1, 0.15) is 45.4 Å². The Morgan fingerprint density at radius 1 is 1.12 bits per heavy atom. The zero-order valence-electron chi connectivity index (χ0n) is 14.5. The van der Waals surface area contributed by atoms with Crippen LogP contribution >= 0.6 is 24.2 Å². The van der Waals surface area contributed by atoms with E-state index in [1.165, 1.54) is 4.90 Å². The second-order valence-electron chi connectivity index (χ2n) is 7.36. The van der Waals surface area contributed by atoms with Crippen molar-refractivity contribution in [3.05, 3.63) is 30.3 Å². The van der Waals surface area contributed by atoms with E-state index in [0.29, 0.717) is 0 Å². The molecule has 1 amide bonds. The number of hydrogen-bond donors (Lipinski definition) is 2. The minimum atomic E-state index is -0.259. The first kappa shape index (κ1) is 19.6. The lowest BCUT2D eigenvalue weighted by molar-refractivity contribution is -0.123. The van der Waals surface area contributed by atoms with Crippen molar-refractivity contribution in [2.45, 2.75) is 55.1 Å². The molecule has 2 N–H and O–H groups in total. The summed E-state index contributed by atoms with van der Waals surface area (Å²) < 4.78 is -0.259. The maximum atomic E-state index is 13.0. The summed E-state index contributed by atoms with van der Waals surface area (Å²) >= 11 is 1.77. The number of nitrogens with one attached hydrogen (secondary N) is 2. The monoisotopic (exact) mass is 368 g/mol. The van der Waals surface area contributed by atoms with E-state index in [4.69, 9.17) is 0 Å². The molecule has 24 heavy (non-hydrogen) atoms. The van der Waals surface area contributed by atoms with Crippen LogP contribution in [0.25, 0.3) is 0 Å². The van der Waals surface area contributed by atoms with Gasteiger partial charge in [0.05, 0.1) is 4.75 Å². The van der Waals surface area contributed by atoms with E-state index in [-0.39, 0.29) is 28.5 Å². The van der Waals surface area contributed by atoms with Gasteiger partial charge in [-0.3, -0.25) is 4.79 Å². The van der Waals surface area contributed by atoms with Gasteiger partial charge in [0.15, 0.2) is 0 Å². The van der Waals surface area contributed by atoms with Crippen LogP contribution in [-0.2, 0) is 4.79 Å². The summed E-state index contributed by atoms with van der Waals surface area (Å²) in [5.41, 5.74) is 0.248. The van der Waals surface area contributed by atoms with E-state index in [1.54, 1.807) is 11.8 Å². The second kappa shape index (κ2) is 8.59. The summed E-state index contributed by atoms with van der Waals surface area (Å²) in [6, 6.07) is 10.4. The maximum absolute atomic E-state index is 13.0. The molecule has 0 spiro atoms. The lowest BCUT2D eigenvalue weighted by Crippen LogP contribution is -2.48. The van der Waals surface area contributed by atoms with Gasteiger partial charge in [-0.2, -0.15) is 0 Å². The topological polar surface area (TPSA) is 41.1 Å². The van der Waals surface area contributed by atoms with E-state index < -0.39 is 0 Å². The molecule has 5 heteroatoms. The Bertz CT molecular complexity index is 525. The highest BCUT2D eigenvalue weighted by Gasteiger charge is 2.42. The standard InChI is InChI=1S/C19H28N2OS.ClH/c1-18(11-13-20-14-12-18)15-21-17(22)19(9-5-6-10-19)23-16-7-3-2-4-8-16;/h2-4,7-8,20H,5-6,9-15H2,1H3,(H,21,22);1H. The molecule has 134 valence electrons. The van der Waals surface area contributed by atoms with Gasteiger partial charge in [-0.15, -0.1) is 24.2 Å². The number of carbonyl (C=O) groups excluding carboxylic acids is 1. The van der Waals surface area contributed by atoms with Crippen LogP contribution in [0, 0.1) is 5.41 Å². The van der Waals surface area contributed by atoms with E-state index in [1.807, 2.05) is 6.07 Å². The highest BCUT2D eigenvalue weighted by atomic mass is 35.5. The fourth-order valence-corrected chi connectivity index (χ4v) is 5.10. The molecule has 0 unspecified atom stereocenters. The average Bonchev–Trinajstić information content (AvgIpc) is 3.04. The summed E-state index contributed by atoms with van der Waals surface area (Å²) in [5, 5.41) is 6.71. The predicted octanol–water partition coefficient (Wildman–Crippen LogP) is 4.02. The molecular weight excluding hydrogens is 340 g/mol. The summed E-state index contributed by atoms with van der Waals surface area (Å²) in [4.78, 5) is 14.2. The smallest absolute Gasteiger partial charge is 0.236 e. The summed E-state index contributed by atoms with van der Waals surface area (Å²) in [6.45, 7) is 5.25. The molecule has 1 aliphatic heterocycles. The Kier molecular flexibility index (Phi) is 7.02. The van der Waals surface area contributed by atoms with Gasteiger partial charge in [-0.1, -0.05) is 38.0 Å². The molecule has 0 radical (unpaired) electrons. The number of carbonyl (C=O) groups is 1. The van der Waals surface area contributed by atoms with Crippen LogP contribution in [0.5, 0.6) is 0 Å². The van der Waals surface area contributed by atoms with Gasteiger partial charge in [0, 0.05) is 11.4 Å². The molecule has 1 saturated heterocycles. The van der Waals surface area contributed by atoms with Gasteiger partial charge in [-0.05, 0) is 56.3 Å². The Morgan fingerprint density at radius 3 is 2.38 bits per heavy atom. The van der Waals surface area contributed by atoms with Crippen molar-refractivity contribution in [2.24, 2.45) is 5.41 Å². The van der Waals surface area contributed by atoms with E-state index in [2.05, 4.69) is 41.8 Å². The van der Waals surface area contributed by atoms with Gasteiger partial charge in [0.2, 0.25) is 5.91 Å². The van der Waals surface area contributed by atoms with Crippen molar-refractivity contribution in [2.75, 3.05) is 19.6 Å². The van der Waals surface area contributed by atoms with Gasteiger partial charge in [-0.25, -0.2) is 0 Å². The minimum Gasteiger partial charge on any atom is -0.354 e. The maximum Gasteiger partial charge on any atom is 0.236 e. The van der Waals surface area contributed by atoms with E-state index in [9.17, 15) is 4.79 Å². The number of piperidine rings is 1. The zero-order valence-corrected chi connectivity index (χ0v) is 16.1. The Morgan fingerprint density at radius 2 is 1.75 bits per heavy atom. The molecule has 0 atom stereocenters. The van der Waals surface area contributed by atoms with Crippen LogP contribution in [0.15, 0.2) is 35.2 Å². The van der Waals surface area contributed by atoms with Crippen molar-refractivity contribution in [3.63, 3.8) is 0 Å². The molecule has 1 aromatic rings. The number of hydrogen-bond acceptors (Lipinski definition) is 3. The number of halogens is 1. The predicted molar refractivity (Wildman–Crippen MR) is 104 cm³/mol. The SMILES string of the molecule is CC1(CNC(=O)C2(Sc3ccccc3)CCCC2)CCNCC1.Cl. The first-order valence-corrected chi connectivity index (χ1v) is 9.67. The van der Waals surface area contributed by atoms with Crippen LogP contribution in [0.2, 0.25) is 0 Å². The molecule has 0 aromatic heterocycles. The molecule has 1 saturated carbocycles. The van der Waals surface area contributed by atoms with Gasteiger partial charge in [0.1, 0.15) is 0 Å². The van der Waals surface area contributed by atoms with E-state index in [0.717, 1.165) is 58.2 Å². The lowest BCUT2D eigenvalue weighted by Gasteiger charge is -2.36. The molecule has 2 aliphatic rings. The average molecular weight is 369 g/mol. The Hall–Kier alpha value is -0.710. The molecule has 2 fully saturated rings. The minimum absolute atomic E-state index is 0. The van der Waals surface area contributed by atoms with Crippen LogP contribution in [0.3, 0.4) is 0 Å². The fourth-order valence-electron chi connectivity index (χ4n) is 3.70. The van der Waals surface area contributed by atoms with Crippen molar-refractivity contribution >= 4 is 30.1 Å². The van der Waals surface area contributed by atoms with E-state index >= 15 is 0 Å². The van der Waals surface area contributed by atoms with Crippen molar-refractivity contribution in [1.82, 2.24) is 10.6 Å². The normalized spacial score (nSPS) is 21.7. The molecule has 1 aromatic carbocycles. The number of rotatable bonds is 5. The molecule has 3 nitrogen and oxygen atoms in total. The van der Waals surface area contributed by atoms with Crippen molar-refractivity contribution in [1.29, 1.82) is 0 Å². The fraction of sp³-hybridized carbons (Fsp3) is 0.632. The van der Waals surface area contributed by atoms with Crippen LogP contribution in [0.4, 0.5) is 0 Å². The molecule has 3 rings (SSSR count). The van der Waals surface area contributed by atoms with Gasteiger partial charge in [0.25, 0.3) is 0 Å². The van der Waals surface area contributed by atoms with Gasteiger partial charge >= 0.3 is 0 Å². The highest BCUT2D eigenvalue weighted by molar-refractivity contribution is 8.01. The third kappa shape index (κ3) is 4.68. The first-order valence-electron chi connectivity index (χ1n) is 8.85. The van der Waals surface area contributed by atoms with Crippen LogP contribution < -0.4 is 10.6 Å². The zero-order chi connectivity index (χ0) is 16.2. The summed E-state index contributed by atoms with van der Waals surface area (Å²) in [7, 11) is 0. The molecule has 0 bridgehead atoms. The lowest BCUT2D eigenvalue weighted by atomic mass is 9.81. The van der Waals surface area contributed by atoms with Gasteiger partial charge < -0.3 is 10.6 Å². The summed E-state index contributed by atoms with van der Waals surface area (Å²) in [6.07, 6.45) is 6.61. The molecular formula is C19H29ClN2OS. The third-order valence-electron chi connectivity index (χ3n) is 5.37. The van der Waals surface area contributed by atoms with Crippen LogP contribution in [-0.4, -0.2) is 30.3 Å². The Balaban J connectivity index is 0.00000208. The molecule has 1 aliphatic carbocycles. The largest absolute Gasteiger partial charge is 0.354 e. The number of benzene rings is 1. The first-order chi connectivity index (χ1) is 11.1. The highest BCUT2D eigenvalue weighted by Crippen LogP contribution is 2.45.